The van der Waals surface area contributed by atoms with Crippen molar-refractivity contribution in [1.29, 1.82) is 0 Å². The van der Waals surface area contributed by atoms with Gasteiger partial charge in [-0.25, -0.2) is 0 Å². The molecule has 1 atom stereocenters. The summed E-state index contributed by atoms with van der Waals surface area (Å²) in [4.78, 5) is 0. The molecule has 1 unspecified atom stereocenters. The van der Waals surface area contributed by atoms with E-state index in [1.54, 1.807) is 0 Å². The lowest BCUT2D eigenvalue weighted by atomic mass is 10.1. The Balaban J connectivity index is 1.86. The number of ether oxygens (including phenoxy) is 2. The Morgan fingerprint density at radius 1 is 1.12 bits per heavy atom. The van der Waals surface area contributed by atoms with Gasteiger partial charge < -0.3 is 9.47 Å². The molecule has 1 aromatic carbocycles. The highest BCUT2D eigenvalue weighted by molar-refractivity contribution is 5.15. The molecular formula is C14H19O2. The summed E-state index contributed by atoms with van der Waals surface area (Å²) in [5.74, 6) is 0. The highest BCUT2D eigenvalue weighted by Crippen LogP contribution is 2.11. The van der Waals surface area contributed by atoms with Crippen LogP contribution in [0.5, 0.6) is 0 Å². The molecule has 16 heavy (non-hydrogen) atoms. The lowest BCUT2D eigenvalue weighted by molar-refractivity contribution is 0.0372. The Morgan fingerprint density at radius 2 is 2.00 bits per heavy atom. The SMILES string of the molecule is [CH]1CCOC(Cc2ccccc2)CCOC1. The highest BCUT2D eigenvalue weighted by Gasteiger charge is 2.11. The molecule has 0 saturated carbocycles. The van der Waals surface area contributed by atoms with Crippen molar-refractivity contribution in [2.75, 3.05) is 19.8 Å². The second-order valence-electron chi connectivity index (χ2n) is 4.12. The Morgan fingerprint density at radius 3 is 2.88 bits per heavy atom. The molecule has 87 valence electrons. The van der Waals surface area contributed by atoms with E-state index >= 15 is 0 Å². The molecule has 1 aromatic rings. The van der Waals surface area contributed by atoms with Crippen LogP contribution in [0.3, 0.4) is 0 Å². The minimum atomic E-state index is 0.300. The minimum Gasteiger partial charge on any atom is -0.381 e. The van der Waals surface area contributed by atoms with Crippen molar-refractivity contribution in [2.45, 2.75) is 25.4 Å². The van der Waals surface area contributed by atoms with Crippen molar-refractivity contribution in [2.24, 2.45) is 0 Å². The van der Waals surface area contributed by atoms with Crippen LogP contribution in [0.1, 0.15) is 18.4 Å². The molecule has 1 heterocycles. The van der Waals surface area contributed by atoms with Gasteiger partial charge in [0.2, 0.25) is 0 Å². The zero-order chi connectivity index (χ0) is 11.1. The van der Waals surface area contributed by atoms with Gasteiger partial charge >= 0.3 is 0 Å². The zero-order valence-corrected chi connectivity index (χ0v) is 9.60. The average molecular weight is 219 g/mol. The van der Waals surface area contributed by atoms with Crippen LogP contribution >= 0.6 is 0 Å². The van der Waals surface area contributed by atoms with Gasteiger partial charge in [0, 0.05) is 19.8 Å². The highest BCUT2D eigenvalue weighted by atomic mass is 16.5. The van der Waals surface area contributed by atoms with Crippen LogP contribution in [0.25, 0.3) is 0 Å². The van der Waals surface area contributed by atoms with E-state index in [0.717, 1.165) is 39.1 Å². The molecule has 0 amide bonds. The first-order chi connectivity index (χ1) is 7.95. The summed E-state index contributed by atoms with van der Waals surface area (Å²) in [6.07, 6.45) is 5.41. The summed E-state index contributed by atoms with van der Waals surface area (Å²) in [5.41, 5.74) is 1.34. The lowest BCUT2D eigenvalue weighted by Gasteiger charge is -2.16. The van der Waals surface area contributed by atoms with Gasteiger partial charge in [-0.2, -0.15) is 0 Å². The molecule has 2 rings (SSSR count). The standard InChI is InChI=1S/C14H19O2/c1-2-6-13(7-3-1)12-14-8-11-15-9-4-5-10-16-14/h1-4,6-7,14H,5,8-12H2. The predicted octanol–water partition coefficient (Wildman–Crippen LogP) is 2.63. The van der Waals surface area contributed by atoms with E-state index in [2.05, 4.69) is 30.7 Å². The summed E-state index contributed by atoms with van der Waals surface area (Å²) in [5, 5.41) is 0. The fraction of sp³-hybridized carbons (Fsp3) is 0.500. The van der Waals surface area contributed by atoms with Gasteiger partial charge in [-0.05, 0) is 31.2 Å². The fourth-order valence-electron chi connectivity index (χ4n) is 1.90. The number of benzene rings is 1. The Hall–Kier alpha value is -0.860. The molecule has 1 fully saturated rings. The molecule has 0 spiro atoms. The van der Waals surface area contributed by atoms with Crippen LogP contribution in [-0.2, 0) is 15.9 Å². The topological polar surface area (TPSA) is 18.5 Å². The summed E-state index contributed by atoms with van der Waals surface area (Å²) in [6.45, 7) is 2.39. The summed E-state index contributed by atoms with van der Waals surface area (Å²) in [7, 11) is 0. The number of hydrogen-bond acceptors (Lipinski definition) is 2. The molecule has 0 aromatic heterocycles. The van der Waals surface area contributed by atoms with Gasteiger partial charge in [0.05, 0.1) is 6.10 Å². The third-order valence-electron chi connectivity index (χ3n) is 2.80. The van der Waals surface area contributed by atoms with Gasteiger partial charge in [0.15, 0.2) is 0 Å². The van der Waals surface area contributed by atoms with E-state index in [4.69, 9.17) is 9.47 Å². The molecular weight excluding hydrogens is 200 g/mol. The first-order valence-corrected chi connectivity index (χ1v) is 6.00. The molecule has 0 N–H and O–H groups in total. The van der Waals surface area contributed by atoms with Crippen LogP contribution in [0, 0.1) is 6.42 Å². The van der Waals surface area contributed by atoms with Crippen LogP contribution in [0.4, 0.5) is 0 Å². The molecule has 0 bridgehead atoms. The van der Waals surface area contributed by atoms with Crippen molar-refractivity contribution in [3.8, 4) is 0 Å². The molecule has 2 nitrogen and oxygen atoms in total. The molecule has 1 radical (unpaired) electrons. The monoisotopic (exact) mass is 219 g/mol. The average Bonchev–Trinajstić information content (AvgIpc) is 2.45. The lowest BCUT2D eigenvalue weighted by Crippen LogP contribution is -2.18. The Bertz CT molecular complexity index is 274. The summed E-state index contributed by atoms with van der Waals surface area (Å²) in [6, 6.07) is 10.5. The maximum absolute atomic E-state index is 5.86. The third kappa shape index (κ3) is 3.95. The van der Waals surface area contributed by atoms with Crippen LogP contribution < -0.4 is 0 Å². The normalized spacial score (nSPS) is 23.1. The zero-order valence-electron chi connectivity index (χ0n) is 9.60. The van der Waals surface area contributed by atoms with E-state index in [-0.39, 0.29) is 0 Å². The first-order valence-electron chi connectivity index (χ1n) is 6.00. The third-order valence-corrected chi connectivity index (χ3v) is 2.80. The van der Waals surface area contributed by atoms with Crippen LogP contribution in [0.2, 0.25) is 0 Å². The summed E-state index contributed by atoms with van der Waals surface area (Å²) >= 11 is 0. The predicted molar refractivity (Wildman–Crippen MR) is 64.2 cm³/mol. The Labute approximate surface area is 97.6 Å². The molecule has 1 saturated heterocycles. The van der Waals surface area contributed by atoms with Crippen LogP contribution in [0.15, 0.2) is 30.3 Å². The van der Waals surface area contributed by atoms with Gasteiger partial charge in [0.25, 0.3) is 0 Å². The van der Waals surface area contributed by atoms with Crippen molar-refractivity contribution in [1.82, 2.24) is 0 Å². The van der Waals surface area contributed by atoms with E-state index in [0.29, 0.717) is 6.10 Å². The maximum atomic E-state index is 5.86. The maximum Gasteiger partial charge on any atom is 0.0637 e. The van der Waals surface area contributed by atoms with Gasteiger partial charge in [-0.1, -0.05) is 30.3 Å². The second kappa shape index (κ2) is 6.66. The van der Waals surface area contributed by atoms with E-state index in [1.165, 1.54) is 5.56 Å². The summed E-state index contributed by atoms with van der Waals surface area (Å²) < 4.78 is 11.3. The second-order valence-corrected chi connectivity index (χ2v) is 4.12. The largest absolute Gasteiger partial charge is 0.381 e. The van der Waals surface area contributed by atoms with Gasteiger partial charge in [-0.3, -0.25) is 0 Å². The molecule has 1 aliphatic rings. The van der Waals surface area contributed by atoms with E-state index < -0.39 is 0 Å². The van der Waals surface area contributed by atoms with E-state index in [1.807, 2.05) is 6.07 Å². The van der Waals surface area contributed by atoms with Crippen LogP contribution in [-0.4, -0.2) is 25.9 Å². The van der Waals surface area contributed by atoms with Gasteiger partial charge in [0.1, 0.15) is 0 Å². The Kier molecular flexibility index (Phi) is 4.84. The molecule has 1 aliphatic heterocycles. The number of rotatable bonds is 2. The van der Waals surface area contributed by atoms with Crippen molar-refractivity contribution >= 4 is 0 Å². The smallest absolute Gasteiger partial charge is 0.0637 e. The molecule has 0 aliphatic carbocycles. The fourth-order valence-corrected chi connectivity index (χ4v) is 1.90. The van der Waals surface area contributed by atoms with Crippen molar-refractivity contribution in [3.63, 3.8) is 0 Å². The number of hydrogen-bond donors (Lipinski definition) is 0. The minimum absolute atomic E-state index is 0.300. The first kappa shape index (κ1) is 11.6. The van der Waals surface area contributed by atoms with Gasteiger partial charge in [-0.15, -0.1) is 0 Å². The molecule has 2 heteroatoms. The van der Waals surface area contributed by atoms with E-state index in [9.17, 15) is 0 Å². The van der Waals surface area contributed by atoms with Crippen molar-refractivity contribution in [3.05, 3.63) is 42.3 Å². The quantitative estimate of drug-likeness (QED) is 0.761. The van der Waals surface area contributed by atoms with Crippen molar-refractivity contribution < 1.29 is 9.47 Å².